The Morgan fingerprint density at radius 3 is 3.00 bits per heavy atom. The van der Waals surface area contributed by atoms with E-state index in [-0.39, 0.29) is 24.6 Å². The lowest BCUT2D eigenvalue weighted by molar-refractivity contribution is -0.127. The third-order valence-electron chi connectivity index (χ3n) is 6.38. The van der Waals surface area contributed by atoms with Gasteiger partial charge in [0, 0.05) is 25.3 Å². The van der Waals surface area contributed by atoms with E-state index >= 15 is 0 Å². The number of nitrogens with zero attached hydrogens (tertiary/aromatic N) is 3. The Kier molecular flexibility index (Phi) is 5.45. The van der Waals surface area contributed by atoms with Gasteiger partial charge in [0.1, 0.15) is 15.4 Å². The molecule has 2 N–H and O–H groups in total. The van der Waals surface area contributed by atoms with Crippen molar-refractivity contribution in [3.8, 4) is 11.5 Å². The number of thiophene rings is 1. The van der Waals surface area contributed by atoms with Crippen LogP contribution in [0.5, 0.6) is 11.5 Å². The quantitative estimate of drug-likeness (QED) is 0.492. The summed E-state index contributed by atoms with van der Waals surface area (Å²) in [6.45, 7) is 4.60. The van der Waals surface area contributed by atoms with E-state index in [9.17, 15) is 14.4 Å². The maximum atomic E-state index is 13.4. The SMILES string of the molecule is C=CC(=O)N1CCC[C@@H](NC(=O)c2sc3nccc4c3c2NC(=O)N4c2c(Cl)ccc3c2OCO3)C1. The molecule has 184 valence electrons. The van der Waals surface area contributed by atoms with Crippen molar-refractivity contribution in [2.45, 2.75) is 18.9 Å². The van der Waals surface area contributed by atoms with Crippen molar-refractivity contribution < 1.29 is 23.9 Å². The molecule has 0 radical (unpaired) electrons. The number of hydrogen-bond donors (Lipinski definition) is 2. The monoisotopic (exact) mass is 525 g/mol. The summed E-state index contributed by atoms with van der Waals surface area (Å²) < 4.78 is 11.1. The normalized spacial score (nSPS) is 18.2. The van der Waals surface area contributed by atoms with Crippen LogP contribution in [-0.4, -0.2) is 53.7 Å². The molecule has 4 amide bonds. The summed E-state index contributed by atoms with van der Waals surface area (Å²) in [5, 5.41) is 6.82. The van der Waals surface area contributed by atoms with Crippen molar-refractivity contribution in [1.82, 2.24) is 15.2 Å². The molecule has 0 spiro atoms. The number of carbonyl (C=O) groups excluding carboxylic acids is 3. The molecule has 1 atom stereocenters. The Morgan fingerprint density at radius 1 is 1.31 bits per heavy atom. The number of benzene rings is 1. The molecule has 12 heteroatoms. The molecule has 3 aliphatic heterocycles. The van der Waals surface area contributed by atoms with Gasteiger partial charge in [-0.15, -0.1) is 11.3 Å². The summed E-state index contributed by atoms with van der Waals surface area (Å²) in [7, 11) is 0. The first-order valence-corrected chi connectivity index (χ1v) is 12.5. The highest BCUT2D eigenvalue weighted by atomic mass is 35.5. The van der Waals surface area contributed by atoms with Crippen molar-refractivity contribution in [1.29, 1.82) is 0 Å². The highest BCUT2D eigenvalue weighted by Gasteiger charge is 2.37. The zero-order valence-corrected chi connectivity index (χ0v) is 20.4. The Labute approximate surface area is 214 Å². The van der Waals surface area contributed by atoms with Crippen molar-refractivity contribution in [2.75, 3.05) is 30.1 Å². The summed E-state index contributed by atoms with van der Waals surface area (Å²) in [4.78, 5) is 47.2. The van der Waals surface area contributed by atoms with Crippen LogP contribution in [0.2, 0.25) is 5.02 Å². The third-order valence-corrected chi connectivity index (χ3v) is 7.78. The fourth-order valence-corrected chi connectivity index (χ4v) is 6.04. The molecule has 36 heavy (non-hydrogen) atoms. The zero-order valence-electron chi connectivity index (χ0n) is 18.9. The number of halogens is 1. The van der Waals surface area contributed by atoms with Gasteiger partial charge in [-0.3, -0.25) is 14.5 Å². The largest absolute Gasteiger partial charge is 0.454 e. The van der Waals surface area contributed by atoms with Crippen LogP contribution >= 0.6 is 22.9 Å². The number of fused-ring (bicyclic) bond motifs is 1. The van der Waals surface area contributed by atoms with Crippen molar-refractivity contribution >= 4 is 68.1 Å². The molecule has 2 aromatic heterocycles. The van der Waals surface area contributed by atoms with Crippen molar-refractivity contribution in [3.63, 3.8) is 0 Å². The van der Waals surface area contributed by atoms with Crippen LogP contribution < -0.4 is 25.0 Å². The number of piperidine rings is 1. The maximum Gasteiger partial charge on any atom is 0.331 e. The predicted octanol–water partition coefficient (Wildman–Crippen LogP) is 4.27. The van der Waals surface area contributed by atoms with Crippen LogP contribution in [0.4, 0.5) is 21.9 Å². The first-order chi connectivity index (χ1) is 17.5. The summed E-state index contributed by atoms with van der Waals surface area (Å²) >= 11 is 7.70. The van der Waals surface area contributed by atoms with E-state index in [1.54, 1.807) is 29.3 Å². The van der Waals surface area contributed by atoms with E-state index in [2.05, 4.69) is 22.2 Å². The molecule has 0 saturated carbocycles. The number of amides is 4. The van der Waals surface area contributed by atoms with E-state index in [0.29, 0.717) is 61.8 Å². The van der Waals surface area contributed by atoms with Crippen molar-refractivity contribution in [3.05, 3.63) is 47.0 Å². The van der Waals surface area contributed by atoms with Gasteiger partial charge >= 0.3 is 6.03 Å². The Balaban J connectivity index is 1.37. The molecule has 1 aromatic carbocycles. The highest BCUT2D eigenvalue weighted by molar-refractivity contribution is 7.21. The Hall–Kier alpha value is -3.83. The number of rotatable bonds is 4. The van der Waals surface area contributed by atoms with E-state index in [1.165, 1.54) is 22.3 Å². The van der Waals surface area contributed by atoms with Gasteiger partial charge in [-0.1, -0.05) is 18.2 Å². The molecule has 0 unspecified atom stereocenters. The van der Waals surface area contributed by atoms with Crippen LogP contribution in [0.25, 0.3) is 10.2 Å². The predicted molar refractivity (Wildman–Crippen MR) is 136 cm³/mol. The van der Waals surface area contributed by atoms with Gasteiger partial charge in [-0.2, -0.15) is 0 Å². The lowest BCUT2D eigenvalue weighted by Gasteiger charge is -2.32. The van der Waals surface area contributed by atoms with Crippen molar-refractivity contribution in [2.24, 2.45) is 0 Å². The molecule has 1 saturated heterocycles. The summed E-state index contributed by atoms with van der Waals surface area (Å²) in [5.74, 6) is 0.365. The van der Waals surface area contributed by atoms with Crippen LogP contribution in [0, 0.1) is 0 Å². The number of urea groups is 1. The first-order valence-electron chi connectivity index (χ1n) is 11.3. The van der Waals surface area contributed by atoms with E-state index in [4.69, 9.17) is 21.1 Å². The number of likely N-dealkylation sites (tertiary alicyclic amines) is 1. The van der Waals surface area contributed by atoms with E-state index < -0.39 is 6.03 Å². The number of anilines is 3. The van der Waals surface area contributed by atoms with E-state index in [0.717, 1.165) is 12.8 Å². The van der Waals surface area contributed by atoms with Crippen LogP contribution in [-0.2, 0) is 4.79 Å². The second-order valence-electron chi connectivity index (χ2n) is 8.51. The minimum absolute atomic E-state index is 0.0227. The van der Waals surface area contributed by atoms with Crippen LogP contribution in [0.1, 0.15) is 22.5 Å². The van der Waals surface area contributed by atoms with Gasteiger partial charge in [0.2, 0.25) is 12.7 Å². The molecule has 10 nitrogen and oxygen atoms in total. The Morgan fingerprint density at radius 2 is 2.17 bits per heavy atom. The summed E-state index contributed by atoms with van der Waals surface area (Å²) in [6, 6.07) is 4.32. The van der Waals surface area contributed by atoms with Gasteiger partial charge in [-0.25, -0.2) is 9.78 Å². The molecule has 1 fully saturated rings. The number of nitrogens with one attached hydrogen (secondary N) is 2. The topological polar surface area (TPSA) is 113 Å². The lowest BCUT2D eigenvalue weighted by Crippen LogP contribution is -2.49. The number of aromatic nitrogens is 1. The molecular formula is C24H20ClN5O5S. The highest BCUT2D eigenvalue weighted by Crippen LogP contribution is 2.52. The third kappa shape index (κ3) is 3.54. The van der Waals surface area contributed by atoms with Crippen LogP contribution in [0.3, 0.4) is 0 Å². The molecule has 6 rings (SSSR count). The molecule has 5 heterocycles. The molecular weight excluding hydrogens is 506 g/mol. The van der Waals surface area contributed by atoms with E-state index in [1.807, 2.05) is 0 Å². The van der Waals surface area contributed by atoms with Gasteiger partial charge in [0.15, 0.2) is 11.5 Å². The lowest BCUT2D eigenvalue weighted by atomic mass is 10.1. The second kappa shape index (κ2) is 8.68. The molecule has 3 aliphatic rings. The molecule has 0 bridgehead atoms. The fourth-order valence-electron chi connectivity index (χ4n) is 4.78. The minimum atomic E-state index is -0.492. The average Bonchev–Trinajstić information content (AvgIpc) is 3.50. The number of carbonyl (C=O) groups is 3. The number of hydrogen-bond acceptors (Lipinski definition) is 7. The fraction of sp³-hybridized carbons (Fsp3) is 0.250. The van der Waals surface area contributed by atoms with Gasteiger partial charge in [-0.05, 0) is 37.1 Å². The maximum absolute atomic E-state index is 13.4. The summed E-state index contributed by atoms with van der Waals surface area (Å²) in [5.41, 5.74) is 1.28. The standard InChI is InChI=1S/C24H20ClN5O5S/c1-2-16(31)29-9-3-4-12(10-29)27-22(32)21-18-17-14(7-8-26-23(17)36-21)30(24(33)28-18)19-13(25)5-6-15-20(19)35-11-34-15/h2,5-8,12H,1,3-4,9-11H2,(H,27,32)(H,28,33)/t12-/m1/s1. The summed E-state index contributed by atoms with van der Waals surface area (Å²) in [6.07, 6.45) is 4.38. The van der Waals surface area contributed by atoms with Crippen LogP contribution in [0.15, 0.2) is 37.1 Å². The Bertz CT molecular complexity index is 1460. The first kappa shape index (κ1) is 22.6. The average molecular weight is 526 g/mol. The molecule has 3 aromatic rings. The molecule has 0 aliphatic carbocycles. The minimum Gasteiger partial charge on any atom is -0.454 e. The smallest absolute Gasteiger partial charge is 0.331 e. The second-order valence-corrected chi connectivity index (χ2v) is 9.92. The van der Waals surface area contributed by atoms with Gasteiger partial charge in [0.05, 0.1) is 21.8 Å². The number of ether oxygens (including phenoxy) is 2. The number of pyridine rings is 1. The van der Waals surface area contributed by atoms with Gasteiger partial charge < -0.3 is 25.0 Å². The van der Waals surface area contributed by atoms with Gasteiger partial charge in [0.25, 0.3) is 5.91 Å². The zero-order chi connectivity index (χ0) is 25.0.